The lowest BCUT2D eigenvalue weighted by Gasteiger charge is -2.09. The first-order chi connectivity index (χ1) is 11.5. The molecule has 0 heterocycles. The number of carbonyl (C=O) groups is 1. The van der Waals surface area contributed by atoms with Gasteiger partial charge in [0.05, 0.1) is 0 Å². The second kappa shape index (κ2) is 5.19. The van der Waals surface area contributed by atoms with Gasteiger partial charge in [0.1, 0.15) is 8.07 Å². The first-order valence-electron chi connectivity index (χ1n) is 8.19. The number of hydrogen-bond acceptors (Lipinski definition) is 1. The molecule has 0 spiro atoms. The summed E-state index contributed by atoms with van der Waals surface area (Å²) in [4.78, 5) is 13.0. The van der Waals surface area contributed by atoms with E-state index >= 15 is 0 Å². The van der Waals surface area contributed by atoms with E-state index < -0.39 is 8.07 Å². The smallest absolute Gasteiger partial charge is 0.195 e. The molecule has 3 aromatic carbocycles. The third kappa shape index (κ3) is 2.29. The van der Waals surface area contributed by atoms with Crippen molar-refractivity contribution in [1.29, 1.82) is 0 Å². The van der Waals surface area contributed by atoms with Gasteiger partial charge in [0.15, 0.2) is 5.78 Å². The molecule has 0 saturated heterocycles. The Morgan fingerprint density at radius 1 is 0.833 bits per heavy atom. The van der Waals surface area contributed by atoms with Crippen LogP contribution in [-0.2, 0) is 0 Å². The fraction of sp³-hybridized carbons (Fsp3) is 0.136. The summed E-state index contributed by atoms with van der Waals surface area (Å²) in [6, 6.07) is 18.2. The molecule has 0 saturated carbocycles. The first-order valence-corrected chi connectivity index (χ1v) is 11.7. The van der Waals surface area contributed by atoms with Gasteiger partial charge in [-0.05, 0) is 28.0 Å². The van der Waals surface area contributed by atoms with Crippen molar-refractivity contribution in [2.24, 2.45) is 0 Å². The summed E-state index contributed by atoms with van der Waals surface area (Å²) in [6.07, 6.45) is 0. The minimum atomic E-state index is -1.53. The average molecular weight is 326 g/mol. The molecule has 1 aliphatic carbocycles. The van der Waals surface area contributed by atoms with Crippen LogP contribution < -0.4 is 0 Å². The molecule has 0 atom stereocenters. The van der Waals surface area contributed by atoms with E-state index in [9.17, 15) is 4.79 Å². The Hall–Kier alpha value is -2.63. The molecule has 1 aliphatic rings. The van der Waals surface area contributed by atoms with Gasteiger partial charge >= 0.3 is 0 Å². The van der Waals surface area contributed by atoms with E-state index in [-0.39, 0.29) is 5.78 Å². The lowest BCUT2D eigenvalue weighted by atomic mass is 9.94. The van der Waals surface area contributed by atoms with Crippen LogP contribution in [0.15, 0.2) is 54.6 Å². The van der Waals surface area contributed by atoms with Gasteiger partial charge in [-0.2, -0.15) is 0 Å². The highest BCUT2D eigenvalue weighted by Gasteiger charge is 2.29. The number of benzene rings is 3. The molecule has 2 heteroatoms. The Labute approximate surface area is 143 Å². The summed E-state index contributed by atoms with van der Waals surface area (Å²) in [5.41, 5.74) is 7.96. The van der Waals surface area contributed by atoms with Crippen LogP contribution in [0.2, 0.25) is 19.6 Å². The highest BCUT2D eigenvalue weighted by atomic mass is 28.3. The zero-order valence-electron chi connectivity index (χ0n) is 14.1. The topological polar surface area (TPSA) is 17.1 Å². The van der Waals surface area contributed by atoms with Crippen LogP contribution in [0.4, 0.5) is 0 Å². The van der Waals surface area contributed by atoms with Crippen LogP contribution in [0.3, 0.4) is 0 Å². The van der Waals surface area contributed by atoms with Crippen molar-refractivity contribution in [1.82, 2.24) is 0 Å². The molecule has 24 heavy (non-hydrogen) atoms. The van der Waals surface area contributed by atoms with Gasteiger partial charge in [-0.25, -0.2) is 0 Å². The van der Waals surface area contributed by atoms with Gasteiger partial charge in [-0.3, -0.25) is 4.79 Å². The van der Waals surface area contributed by atoms with Gasteiger partial charge in [-0.15, -0.1) is 5.54 Å². The Kier molecular flexibility index (Phi) is 3.23. The molecule has 0 radical (unpaired) electrons. The van der Waals surface area contributed by atoms with E-state index in [1.54, 1.807) is 0 Å². The Balaban J connectivity index is 2.12. The van der Waals surface area contributed by atoms with Gasteiger partial charge in [0.2, 0.25) is 0 Å². The predicted octanol–water partition coefficient (Wildman–Crippen LogP) is 5.28. The van der Waals surface area contributed by atoms with Crippen molar-refractivity contribution in [2.45, 2.75) is 19.6 Å². The van der Waals surface area contributed by atoms with Crippen LogP contribution >= 0.6 is 0 Å². The van der Waals surface area contributed by atoms with Crippen molar-refractivity contribution in [3.8, 4) is 22.6 Å². The maximum absolute atomic E-state index is 13.0. The first kappa shape index (κ1) is 14.9. The maximum Gasteiger partial charge on any atom is 0.195 e. The minimum Gasteiger partial charge on any atom is -0.289 e. The standard InChI is InChI=1S/C22H18OSi/c1-24(2,3)13-12-18-16-9-5-4-8-15(16)14-20-17-10-6-7-11-19(17)22(23)21(18)20/h4-11,14H,1-3H3. The summed E-state index contributed by atoms with van der Waals surface area (Å²) in [6.45, 7) is 6.67. The minimum absolute atomic E-state index is 0.103. The second-order valence-electron chi connectivity index (χ2n) is 7.27. The summed E-state index contributed by atoms with van der Waals surface area (Å²) < 4.78 is 0. The van der Waals surface area contributed by atoms with Crippen molar-refractivity contribution in [3.05, 3.63) is 71.3 Å². The van der Waals surface area contributed by atoms with Crippen LogP contribution in [0.25, 0.3) is 21.9 Å². The Bertz CT molecular complexity index is 1060. The fourth-order valence-electron chi connectivity index (χ4n) is 3.23. The molecule has 0 bridgehead atoms. The summed E-state index contributed by atoms with van der Waals surface area (Å²) >= 11 is 0. The number of ketones is 1. The quantitative estimate of drug-likeness (QED) is 0.317. The third-order valence-electron chi connectivity index (χ3n) is 4.30. The van der Waals surface area contributed by atoms with Crippen LogP contribution in [0.1, 0.15) is 21.5 Å². The Morgan fingerprint density at radius 3 is 2.25 bits per heavy atom. The molecule has 0 fully saturated rings. The van der Waals surface area contributed by atoms with Crippen LogP contribution in [0.5, 0.6) is 0 Å². The Morgan fingerprint density at radius 2 is 1.50 bits per heavy atom. The highest BCUT2D eigenvalue weighted by molar-refractivity contribution is 6.83. The van der Waals surface area contributed by atoms with E-state index in [0.717, 1.165) is 38.6 Å². The molecular weight excluding hydrogens is 308 g/mol. The van der Waals surface area contributed by atoms with E-state index in [1.165, 1.54) is 0 Å². The summed E-state index contributed by atoms with van der Waals surface area (Å²) in [5, 5.41) is 2.21. The molecule has 1 nitrogen and oxygen atoms in total. The summed E-state index contributed by atoms with van der Waals surface area (Å²) in [7, 11) is -1.53. The van der Waals surface area contributed by atoms with Crippen molar-refractivity contribution >= 4 is 24.6 Å². The molecule has 0 N–H and O–H groups in total. The molecular formula is C22H18OSi. The fourth-order valence-corrected chi connectivity index (χ4v) is 3.73. The lowest BCUT2D eigenvalue weighted by Crippen LogP contribution is -2.16. The number of carbonyl (C=O) groups excluding carboxylic acids is 1. The zero-order valence-corrected chi connectivity index (χ0v) is 15.1. The zero-order chi connectivity index (χ0) is 16.9. The SMILES string of the molecule is C[Si](C)(C)C#Cc1c2c(cc3ccccc13)-c1ccccc1C2=O. The molecule has 3 aromatic rings. The average Bonchev–Trinajstić information content (AvgIpc) is 2.84. The molecule has 116 valence electrons. The van der Waals surface area contributed by atoms with E-state index in [0.29, 0.717) is 0 Å². The molecule has 0 aromatic heterocycles. The van der Waals surface area contributed by atoms with Crippen molar-refractivity contribution in [3.63, 3.8) is 0 Å². The predicted molar refractivity (Wildman–Crippen MR) is 103 cm³/mol. The number of fused-ring (bicyclic) bond motifs is 4. The lowest BCUT2D eigenvalue weighted by molar-refractivity contribution is 0.104. The van der Waals surface area contributed by atoms with E-state index in [2.05, 4.69) is 49.3 Å². The molecule has 4 rings (SSSR count). The van der Waals surface area contributed by atoms with Gasteiger partial charge in [0, 0.05) is 16.7 Å². The van der Waals surface area contributed by atoms with E-state index in [4.69, 9.17) is 0 Å². The highest BCUT2D eigenvalue weighted by Crippen LogP contribution is 2.41. The van der Waals surface area contributed by atoms with Gasteiger partial charge < -0.3 is 0 Å². The maximum atomic E-state index is 13.0. The van der Waals surface area contributed by atoms with Crippen LogP contribution in [0, 0.1) is 11.5 Å². The van der Waals surface area contributed by atoms with Crippen LogP contribution in [-0.4, -0.2) is 13.9 Å². The van der Waals surface area contributed by atoms with Gasteiger partial charge in [0.25, 0.3) is 0 Å². The van der Waals surface area contributed by atoms with Gasteiger partial charge in [-0.1, -0.05) is 74.1 Å². The van der Waals surface area contributed by atoms with Crippen molar-refractivity contribution < 1.29 is 4.79 Å². The molecule has 0 amide bonds. The van der Waals surface area contributed by atoms with E-state index in [1.807, 2.05) is 36.4 Å². The monoisotopic (exact) mass is 326 g/mol. The second-order valence-corrected chi connectivity index (χ2v) is 12.0. The molecule has 0 aliphatic heterocycles. The molecule has 0 unspecified atom stereocenters. The van der Waals surface area contributed by atoms with Crippen molar-refractivity contribution in [2.75, 3.05) is 0 Å². The normalized spacial score (nSPS) is 12.5. The number of hydrogen-bond donors (Lipinski definition) is 0. The largest absolute Gasteiger partial charge is 0.289 e. The number of rotatable bonds is 0. The third-order valence-corrected chi connectivity index (χ3v) is 5.18. The summed E-state index contributed by atoms with van der Waals surface area (Å²) in [5.74, 6) is 3.49.